The molecule has 2 fully saturated rings. The second-order valence-electron chi connectivity index (χ2n) is 4.02. The Hall–Kier alpha value is -0.0800. The van der Waals surface area contributed by atoms with Gasteiger partial charge in [-0.1, -0.05) is 6.92 Å². The number of nitrogens with two attached hydrogens (primary N) is 1. The predicted octanol–water partition coefficient (Wildman–Crippen LogP) is 1.15. The minimum atomic E-state index is 0.409. The normalized spacial score (nSPS) is 50.7. The van der Waals surface area contributed by atoms with Crippen LogP contribution in [0, 0.1) is 11.8 Å². The average Bonchev–Trinajstić information content (AvgIpc) is 2.34. The quantitative estimate of drug-likeness (QED) is 0.569. The van der Waals surface area contributed by atoms with Crippen molar-refractivity contribution in [2.45, 2.75) is 38.3 Å². The Balaban J connectivity index is 2.08. The minimum Gasteiger partial charge on any atom is -0.378 e. The molecule has 0 aromatic rings. The number of rotatable bonds is 0. The summed E-state index contributed by atoms with van der Waals surface area (Å²) < 4.78 is 5.66. The zero-order chi connectivity index (χ0) is 7.84. The Morgan fingerprint density at radius 3 is 2.91 bits per heavy atom. The van der Waals surface area contributed by atoms with Crippen molar-refractivity contribution >= 4 is 0 Å². The van der Waals surface area contributed by atoms with Gasteiger partial charge in [0.15, 0.2) is 0 Å². The summed E-state index contributed by atoms with van der Waals surface area (Å²) in [5.74, 6) is 1.35. The molecule has 0 amide bonds. The van der Waals surface area contributed by atoms with Crippen LogP contribution in [-0.4, -0.2) is 18.8 Å². The van der Waals surface area contributed by atoms with Crippen LogP contribution in [0.3, 0.4) is 0 Å². The number of hydrogen-bond acceptors (Lipinski definition) is 2. The van der Waals surface area contributed by atoms with Gasteiger partial charge in [0.1, 0.15) is 0 Å². The lowest BCUT2D eigenvalue weighted by atomic mass is 9.78. The van der Waals surface area contributed by atoms with Crippen LogP contribution in [0.1, 0.15) is 26.2 Å². The summed E-state index contributed by atoms with van der Waals surface area (Å²) in [5, 5.41) is 0. The largest absolute Gasteiger partial charge is 0.378 e. The van der Waals surface area contributed by atoms with Crippen LogP contribution in [0.5, 0.6) is 0 Å². The van der Waals surface area contributed by atoms with Gasteiger partial charge in [0, 0.05) is 18.6 Å². The summed E-state index contributed by atoms with van der Waals surface area (Å²) in [4.78, 5) is 0. The molecule has 1 aliphatic carbocycles. The highest BCUT2D eigenvalue weighted by Crippen LogP contribution is 2.36. The maximum absolute atomic E-state index is 6.03. The van der Waals surface area contributed by atoms with Gasteiger partial charge in [-0.2, -0.15) is 0 Å². The molecule has 0 aromatic carbocycles. The van der Waals surface area contributed by atoms with Gasteiger partial charge < -0.3 is 10.5 Å². The fraction of sp³-hybridized carbons (Fsp3) is 1.00. The van der Waals surface area contributed by atoms with E-state index in [-0.39, 0.29) is 0 Å². The molecule has 1 saturated heterocycles. The molecule has 2 heteroatoms. The highest BCUT2D eigenvalue weighted by Gasteiger charge is 2.40. The van der Waals surface area contributed by atoms with Crippen molar-refractivity contribution in [3.63, 3.8) is 0 Å². The molecule has 64 valence electrons. The third-order valence-corrected chi connectivity index (χ3v) is 3.18. The second kappa shape index (κ2) is 2.76. The van der Waals surface area contributed by atoms with Gasteiger partial charge in [-0.05, 0) is 25.2 Å². The van der Waals surface area contributed by atoms with Crippen molar-refractivity contribution in [1.82, 2.24) is 0 Å². The lowest BCUT2D eigenvalue weighted by Crippen LogP contribution is -2.41. The molecule has 2 N–H and O–H groups in total. The van der Waals surface area contributed by atoms with Gasteiger partial charge in [0.05, 0.1) is 6.10 Å². The zero-order valence-corrected chi connectivity index (χ0v) is 7.12. The molecule has 11 heavy (non-hydrogen) atoms. The molecule has 0 radical (unpaired) electrons. The van der Waals surface area contributed by atoms with E-state index in [1.807, 2.05) is 0 Å². The Kier molecular flexibility index (Phi) is 1.90. The molecule has 0 bridgehead atoms. The van der Waals surface area contributed by atoms with E-state index in [0.717, 1.165) is 6.61 Å². The van der Waals surface area contributed by atoms with Crippen LogP contribution in [-0.2, 0) is 4.74 Å². The summed E-state index contributed by atoms with van der Waals surface area (Å²) in [6.07, 6.45) is 4.20. The average molecular weight is 155 g/mol. The van der Waals surface area contributed by atoms with Crippen LogP contribution in [0.15, 0.2) is 0 Å². The van der Waals surface area contributed by atoms with E-state index in [2.05, 4.69) is 6.92 Å². The lowest BCUT2D eigenvalue weighted by Gasteiger charge is -2.31. The minimum absolute atomic E-state index is 0.409. The maximum Gasteiger partial charge on any atom is 0.0621 e. The van der Waals surface area contributed by atoms with Gasteiger partial charge >= 0.3 is 0 Å². The first kappa shape index (κ1) is 7.56. The van der Waals surface area contributed by atoms with Crippen molar-refractivity contribution in [3.05, 3.63) is 0 Å². The fourth-order valence-corrected chi connectivity index (χ4v) is 2.58. The molecule has 0 unspecified atom stereocenters. The monoisotopic (exact) mass is 155 g/mol. The van der Waals surface area contributed by atoms with E-state index in [9.17, 15) is 0 Å². The van der Waals surface area contributed by atoms with Crippen LogP contribution >= 0.6 is 0 Å². The Labute approximate surface area is 68.1 Å². The number of hydrogen-bond donors (Lipinski definition) is 1. The van der Waals surface area contributed by atoms with Crippen molar-refractivity contribution in [2.75, 3.05) is 6.61 Å². The molecule has 2 nitrogen and oxygen atoms in total. The molecule has 1 aliphatic heterocycles. The van der Waals surface area contributed by atoms with E-state index in [0.29, 0.717) is 24.0 Å². The van der Waals surface area contributed by atoms with Crippen LogP contribution in [0.25, 0.3) is 0 Å². The third-order valence-electron chi connectivity index (χ3n) is 3.18. The van der Waals surface area contributed by atoms with Crippen molar-refractivity contribution in [2.24, 2.45) is 17.6 Å². The Bertz CT molecular complexity index is 146. The predicted molar refractivity (Wildman–Crippen MR) is 44.2 cm³/mol. The molecular formula is C9H17NO. The molecule has 1 saturated carbocycles. The van der Waals surface area contributed by atoms with Gasteiger partial charge in [0.25, 0.3) is 0 Å². The number of fused-ring (bicyclic) bond motifs is 1. The summed E-state index contributed by atoms with van der Waals surface area (Å²) in [6, 6.07) is 0.409. The van der Waals surface area contributed by atoms with Crippen molar-refractivity contribution < 1.29 is 4.74 Å². The van der Waals surface area contributed by atoms with Crippen molar-refractivity contribution in [1.29, 1.82) is 0 Å². The first-order chi connectivity index (χ1) is 5.29. The van der Waals surface area contributed by atoms with Gasteiger partial charge in [-0.25, -0.2) is 0 Å². The first-order valence-electron chi connectivity index (χ1n) is 4.66. The van der Waals surface area contributed by atoms with Crippen LogP contribution in [0.4, 0.5) is 0 Å². The van der Waals surface area contributed by atoms with E-state index in [1.54, 1.807) is 0 Å². The first-order valence-corrected chi connectivity index (χ1v) is 4.66. The SMILES string of the molecule is C[C@@H]1CO[C@H]2CCC[C@@H](N)[C@@H]12. The summed E-state index contributed by atoms with van der Waals surface area (Å²) in [5.41, 5.74) is 6.03. The maximum atomic E-state index is 6.03. The topological polar surface area (TPSA) is 35.2 Å². The van der Waals surface area contributed by atoms with Gasteiger partial charge in [-0.3, -0.25) is 0 Å². The highest BCUT2D eigenvalue weighted by atomic mass is 16.5. The van der Waals surface area contributed by atoms with Gasteiger partial charge in [-0.15, -0.1) is 0 Å². The Morgan fingerprint density at radius 2 is 2.18 bits per heavy atom. The molecule has 0 spiro atoms. The molecular weight excluding hydrogens is 138 g/mol. The van der Waals surface area contributed by atoms with E-state index in [4.69, 9.17) is 10.5 Å². The van der Waals surface area contributed by atoms with Crippen LogP contribution < -0.4 is 5.73 Å². The summed E-state index contributed by atoms with van der Waals surface area (Å²) in [6.45, 7) is 3.19. The van der Waals surface area contributed by atoms with E-state index in [1.165, 1.54) is 19.3 Å². The van der Waals surface area contributed by atoms with E-state index >= 15 is 0 Å². The molecule has 0 aromatic heterocycles. The second-order valence-corrected chi connectivity index (χ2v) is 4.02. The highest BCUT2D eigenvalue weighted by molar-refractivity contribution is 4.91. The van der Waals surface area contributed by atoms with Crippen molar-refractivity contribution in [3.8, 4) is 0 Å². The summed E-state index contributed by atoms with van der Waals surface area (Å²) >= 11 is 0. The zero-order valence-electron chi connectivity index (χ0n) is 7.12. The Morgan fingerprint density at radius 1 is 1.36 bits per heavy atom. The smallest absolute Gasteiger partial charge is 0.0621 e. The van der Waals surface area contributed by atoms with Gasteiger partial charge in [0.2, 0.25) is 0 Å². The van der Waals surface area contributed by atoms with E-state index < -0.39 is 0 Å². The standard InChI is InChI=1S/C9H17NO/c1-6-5-11-8-4-2-3-7(10)9(6)8/h6-9H,2-5,10H2,1H3/t6-,7-,8+,9-/m1/s1. The lowest BCUT2D eigenvalue weighted by molar-refractivity contribution is 0.0593. The third kappa shape index (κ3) is 1.18. The molecule has 2 rings (SSSR count). The van der Waals surface area contributed by atoms with Crippen LogP contribution in [0.2, 0.25) is 0 Å². The molecule has 1 heterocycles. The fourth-order valence-electron chi connectivity index (χ4n) is 2.58. The molecule has 4 atom stereocenters. The number of ether oxygens (including phenoxy) is 1. The summed E-state index contributed by atoms with van der Waals surface area (Å²) in [7, 11) is 0. The molecule has 2 aliphatic rings.